The fourth-order valence-electron chi connectivity index (χ4n) is 2.18. The second kappa shape index (κ2) is 3.76. The van der Waals surface area contributed by atoms with Gasteiger partial charge in [0.2, 0.25) is 5.91 Å². The number of rotatable bonds is 1. The van der Waals surface area contributed by atoms with Gasteiger partial charge in [-0.15, -0.1) is 0 Å². The first-order valence-corrected chi connectivity index (χ1v) is 5.62. The molecular weight excluding hydrogens is 236 g/mol. The van der Waals surface area contributed by atoms with E-state index in [1.165, 1.54) is 11.5 Å². The first-order chi connectivity index (χ1) is 8.23. The number of fused-ring (bicyclic) bond motifs is 1. The fourth-order valence-corrected chi connectivity index (χ4v) is 2.18. The second-order valence-corrected chi connectivity index (χ2v) is 5.08. The van der Waals surface area contributed by atoms with E-state index in [2.05, 4.69) is 0 Å². The highest BCUT2D eigenvalue weighted by Gasteiger charge is 2.38. The summed E-state index contributed by atoms with van der Waals surface area (Å²) in [5.41, 5.74) is -0.0322. The summed E-state index contributed by atoms with van der Waals surface area (Å²) in [6.45, 7) is 5.51. The predicted octanol–water partition coefficient (Wildman–Crippen LogP) is 1.25. The summed E-state index contributed by atoms with van der Waals surface area (Å²) in [5.74, 6) is -0.938. The lowest BCUT2D eigenvalue weighted by Crippen LogP contribution is -2.48. The van der Waals surface area contributed by atoms with Crippen LogP contribution in [0.3, 0.4) is 0 Å². The molecule has 98 valence electrons. The third-order valence-electron chi connectivity index (χ3n) is 2.91. The Kier molecular flexibility index (Phi) is 2.61. The topological polar surface area (TPSA) is 71.8 Å². The van der Waals surface area contributed by atoms with E-state index in [0.717, 1.165) is 0 Å². The summed E-state index contributed by atoms with van der Waals surface area (Å²) in [4.78, 5) is 24.4. The maximum Gasteiger partial charge on any atom is 0.356 e. The molecule has 0 atom stereocenters. The summed E-state index contributed by atoms with van der Waals surface area (Å²) in [6, 6.07) is 0. The second-order valence-electron chi connectivity index (χ2n) is 5.08. The largest absolute Gasteiger partial charge is 0.481 e. The van der Waals surface area contributed by atoms with Crippen molar-refractivity contribution in [2.45, 2.75) is 26.4 Å². The van der Waals surface area contributed by atoms with Crippen LogP contribution in [0.5, 0.6) is 5.75 Å². The molecule has 0 unspecified atom stereocenters. The van der Waals surface area contributed by atoms with Crippen molar-refractivity contribution < 1.29 is 19.4 Å². The van der Waals surface area contributed by atoms with Crippen LogP contribution in [-0.2, 0) is 11.8 Å². The maximum atomic E-state index is 11.7. The summed E-state index contributed by atoms with van der Waals surface area (Å²) in [7, 11) is 1.62. The summed E-state index contributed by atoms with van der Waals surface area (Å²) in [5, 5.41) is 9.20. The SMILES string of the molecule is CC(=O)N1CC(C)(C)Oc2c1cn(C)c2C(=O)O. The first-order valence-electron chi connectivity index (χ1n) is 5.62. The Morgan fingerprint density at radius 2 is 2.06 bits per heavy atom. The van der Waals surface area contributed by atoms with Gasteiger partial charge in [-0.05, 0) is 13.8 Å². The molecule has 0 spiro atoms. The number of carbonyl (C=O) groups is 2. The molecule has 1 aromatic rings. The minimum atomic E-state index is -1.07. The number of amides is 1. The number of hydrogen-bond acceptors (Lipinski definition) is 3. The van der Waals surface area contributed by atoms with Crippen molar-refractivity contribution in [1.29, 1.82) is 0 Å². The van der Waals surface area contributed by atoms with Crippen LogP contribution in [0.4, 0.5) is 5.69 Å². The lowest BCUT2D eigenvalue weighted by Gasteiger charge is -2.37. The van der Waals surface area contributed by atoms with Gasteiger partial charge in [-0.25, -0.2) is 4.79 Å². The summed E-state index contributed by atoms with van der Waals surface area (Å²) >= 11 is 0. The highest BCUT2D eigenvalue weighted by Crippen LogP contribution is 2.41. The molecular formula is C12H16N2O4. The van der Waals surface area contributed by atoms with Gasteiger partial charge in [0.15, 0.2) is 11.4 Å². The van der Waals surface area contributed by atoms with Gasteiger partial charge in [0, 0.05) is 20.2 Å². The van der Waals surface area contributed by atoms with Gasteiger partial charge in [-0.1, -0.05) is 0 Å². The van der Waals surface area contributed by atoms with E-state index >= 15 is 0 Å². The van der Waals surface area contributed by atoms with Crippen LogP contribution in [0.25, 0.3) is 0 Å². The molecule has 1 aliphatic heterocycles. The Labute approximate surface area is 105 Å². The lowest BCUT2D eigenvalue weighted by atomic mass is 10.1. The third kappa shape index (κ3) is 1.83. The van der Waals surface area contributed by atoms with Gasteiger partial charge < -0.3 is 19.3 Å². The minimum absolute atomic E-state index is 0.0593. The molecule has 6 nitrogen and oxygen atoms in total. The standard InChI is InChI=1S/C12H16N2O4/c1-7(15)14-6-12(2,3)18-10-8(14)5-13(4)9(10)11(16)17/h5H,6H2,1-4H3,(H,16,17). The molecule has 1 aromatic heterocycles. The average Bonchev–Trinajstić information content (AvgIpc) is 2.50. The molecule has 18 heavy (non-hydrogen) atoms. The van der Waals surface area contributed by atoms with Crippen molar-refractivity contribution in [2.24, 2.45) is 7.05 Å². The van der Waals surface area contributed by atoms with Crippen molar-refractivity contribution in [2.75, 3.05) is 11.4 Å². The zero-order valence-electron chi connectivity index (χ0n) is 10.9. The first kappa shape index (κ1) is 12.5. The van der Waals surface area contributed by atoms with E-state index in [1.807, 2.05) is 13.8 Å². The van der Waals surface area contributed by atoms with E-state index in [-0.39, 0.29) is 17.4 Å². The molecule has 0 fully saturated rings. The highest BCUT2D eigenvalue weighted by molar-refractivity contribution is 5.99. The molecule has 0 bridgehead atoms. The van der Waals surface area contributed by atoms with E-state index in [4.69, 9.17) is 4.74 Å². The van der Waals surface area contributed by atoms with E-state index in [0.29, 0.717) is 12.2 Å². The van der Waals surface area contributed by atoms with Crippen LogP contribution in [0.15, 0.2) is 6.20 Å². The maximum absolute atomic E-state index is 11.7. The Morgan fingerprint density at radius 1 is 1.44 bits per heavy atom. The molecule has 2 heterocycles. The predicted molar refractivity (Wildman–Crippen MR) is 65.1 cm³/mol. The van der Waals surface area contributed by atoms with Crippen molar-refractivity contribution in [1.82, 2.24) is 4.57 Å². The van der Waals surface area contributed by atoms with Gasteiger partial charge in [0.05, 0.1) is 6.54 Å². The lowest BCUT2D eigenvalue weighted by molar-refractivity contribution is -0.117. The fraction of sp³-hybridized carbons (Fsp3) is 0.500. The van der Waals surface area contributed by atoms with E-state index in [1.54, 1.807) is 18.1 Å². The number of aryl methyl sites for hydroxylation is 1. The molecule has 0 aromatic carbocycles. The number of carboxylic acids is 1. The normalized spacial score (nSPS) is 17.0. The summed E-state index contributed by atoms with van der Waals surface area (Å²) in [6.07, 6.45) is 1.61. The van der Waals surface area contributed by atoms with Crippen LogP contribution in [-0.4, -0.2) is 33.7 Å². The van der Waals surface area contributed by atoms with Crippen LogP contribution in [0.2, 0.25) is 0 Å². The van der Waals surface area contributed by atoms with Gasteiger partial charge >= 0.3 is 5.97 Å². The Hall–Kier alpha value is -1.98. The van der Waals surface area contributed by atoms with Crippen molar-refractivity contribution >= 4 is 17.6 Å². The number of carbonyl (C=O) groups excluding carboxylic acids is 1. The summed E-state index contributed by atoms with van der Waals surface area (Å²) < 4.78 is 7.18. The van der Waals surface area contributed by atoms with E-state index in [9.17, 15) is 14.7 Å². The average molecular weight is 252 g/mol. The van der Waals surface area contributed by atoms with Crippen molar-refractivity contribution in [3.05, 3.63) is 11.9 Å². The highest BCUT2D eigenvalue weighted by atomic mass is 16.5. The van der Waals surface area contributed by atoms with Crippen LogP contribution >= 0.6 is 0 Å². The number of ether oxygens (including phenoxy) is 1. The van der Waals surface area contributed by atoms with Gasteiger partial charge in [0.25, 0.3) is 0 Å². The zero-order valence-corrected chi connectivity index (χ0v) is 10.9. The molecule has 0 radical (unpaired) electrons. The quantitative estimate of drug-likeness (QED) is 0.816. The van der Waals surface area contributed by atoms with Gasteiger partial charge in [-0.3, -0.25) is 4.79 Å². The molecule has 6 heteroatoms. The molecule has 2 rings (SSSR count). The smallest absolute Gasteiger partial charge is 0.356 e. The number of nitrogens with zero attached hydrogens (tertiary/aromatic N) is 2. The Balaban J connectivity index is 2.63. The number of hydrogen-bond donors (Lipinski definition) is 1. The molecule has 1 amide bonds. The van der Waals surface area contributed by atoms with Gasteiger partial charge in [0.1, 0.15) is 11.3 Å². The van der Waals surface area contributed by atoms with Crippen LogP contribution in [0.1, 0.15) is 31.3 Å². The monoisotopic (exact) mass is 252 g/mol. The third-order valence-corrected chi connectivity index (χ3v) is 2.91. The van der Waals surface area contributed by atoms with Crippen molar-refractivity contribution in [3.8, 4) is 5.75 Å². The van der Waals surface area contributed by atoms with Crippen molar-refractivity contribution in [3.63, 3.8) is 0 Å². The zero-order chi connectivity index (χ0) is 13.7. The van der Waals surface area contributed by atoms with Crippen LogP contribution < -0.4 is 9.64 Å². The number of anilines is 1. The molecule has 1 N–H and O–H groups in total. The van der Waals surface area contributed by atoms with Gasteiger partial charge in [-0.2, -0.15) is 0 Å². The number of carboxylic acid groups (broad SMARTS) is 1. The van der Waals surface area contributed by atoms with E-state index < -0.39 is 11.6 Å². The minimum Gasteiger partial charge on any atom is -0.481 e. The van der Waals surface area contributed by atoms with Crippen LogP contribution in [0, 0.1) is 0 Å². The molecule has 0 saturated carbocycles. The Bertz CT molecular complexity index is 530. The number of aromatic nitrogens is 1. The molecule has 0 saturated heterocycles. The number of aromatic carboxylic acids is 1. The molecule has 1 aliphatic rings. The molecule has 0 aliphatic carbocycles. The Morgan fingerprint density at radius 3 is 2.56 bits per heavy atom.